The lowest BCUT2D eigenvalue weighted by Gasteiger charge is -2.05. The maximum atomic E-state index is 13.5. The minimum atomic E-state index is -0.395. The van der Waals surface area contributed by atoms with Crippen LogP contribution in [0.3, 0.4) is 0 Å². The van der Waals surface area contributed by atoms with Crippen LogP contribution in [0, 0.1) is 5.82 Å². The van der Waals surface area contributed by atoms with Crippen LogP contribution in [0.5, 0.6) is 5.75 Å². The Morgan fingerprint density at radius 3 is 2.88 bits per heavy atom. The average Bonchev–Trinajstić information content (AvgIpc) is 2.78. The predicted molar refractivity (Wildman–Crippen MR) is 56.0 cm³/mol. The van der Waals surface area contributed by atoms with Gasteiger partial charge >= 0.3 is 0 Å². The molecule has 16 heavy (non-hydrogen) atoms. The van der Waals surface area contributed by atoms with E-state index in [0.717, 1.165) is 0 Å². The van der Waals surface area contributed by atoms with Crippen molar-refractivity contribution in [1.82, 2.24) is 9.78 Å². The van der Waals surface area contributed by atoms with Crippen LogP contribution in [-0.4, -0.2) is 22.0 Å². The quantitative estimate of drug-likeness (QED) is 0.856. The summed E-state index contributed by atoms with van der Waals surface area (Å²) in [6.07, 6.45) is 1.59. The third-order valence-electron chi connectivity index (χ3n) is 2.21. The summed E-state index contributed by atoms with van der Waals surface area (Å²) in [4.78, 5) is 0. The molecular formula is C11H11FN2O2. The molecule has 0 fully saturated rings. The summed E-state index contributed by atoms with van der Waals surface area (Å²) in [6, 6.07) is 6.02. The Balaban J connectivity index is 2.45. The first-order valence-electron chi connectivity index (χ1n) is 4.74. The Kier molecular flexibility index (Phi) is 2.87. The molecule has 2 aromatic rings. The van der Waals surface area contributed by atoms with Gasteiger partial charge in [-0.25, -0.2) is 9.07 Å². The van der Waals surface area contributed by atoms with E-state index in [1.165, 1.54) is 23.9 Å². The third-order valence-corrected chi connectivity index (χ3v) is 2.21. The van der Waals surface area contributed by atoms with E-state index in [2.05, 4.69) is 5.10 Å². The minimum absolute atomic E-state index is 0.168. The van der Waals surface area contributed by atoms with Crippen LogP contribution in [-0.2, 0) is 6.61 Å². The molecule has 1 aromatic carbocycles. The van der Waals surface area contributed by atoms with Crippen molar-refractivity contribution in [1.29, 1.82) is 0 Å². The Morgan fingerprint density at radius 2 is 2.25 bits per heavy atom. The molecule has 2 rings (SSSR count). The molecule has 1 N–H and O–H groups in total. The van der Waals surface area contributed by atoms with Crippen molar-refractivity contribution in [3.63, 3.8) is 0 Å². The molecule has 0 aliphatic rings. The number of nitrogens with zero attached hydrogens (tertiary/aromatic N) is 2. The van der Waals surface area contributed by atoms with E-state index in [4.69, 9.17) is 9.84 Å². The van der Waals surface area contributed by atoms with Crippen molar-refractivity contribution in [3.8, 4) is 11.4 Å². The molecule has 4 nitrogen and oxygen atoms in total. The van der Waals surface area contributed by atoms with E-state index in [1.54, 1.807) is 18.3 Å². The lowest BCUT2D eigenvalue weighted by Crippen LogP contribution is -2.00. The highest BCUT2D eigenvalue weighted by atomic mass is 19.1. The van der Waals surface area contributed by atoms with E-state index >= 15 is 0 Å². The van der Waals surface area contributed by atoms with Crippen molar-refractivity contribution in [3.05, 3.63) is 42.0 Å². The van der Waals surface area contributed by atoms with E-state index in [-0.39, 0.29) is 6.61 Å². The summed E-state index contributed by atoms with van der Waals surface area (Å²) in [5, 5.41) is 12.9. The van der Waals surface area contributed by atoms with Crippen LogP contribution in [0.1, 0.15) is 5.69 Å². The zero-order valence-electron chi connectivity index (χ0n) is 8.72. The molecular weight excluding hydrogens is 211 g/mol. The molecule has 1 aromatic heterocycles. The maximum absolute atomic E-state index is 13.5. The van der Waals surface area contributed by atoms with E-state index in [1.807, 2.05) is 0 Å². The summed E-state index contributed by atoms with van der Waals surface area (Å²) in [6.45, 7) is -0.168. The fourth-order valence-corrected chi connectivity index (χ4v) is 1.38. The lowest BCUT2D eigenvalue weighted by molar-refractivity contribution is 0.276. The topological polar surface area (TPSA) is 47.3 Å². The second-order valence-corrected chi connectivity index (χ2v) is 3.23. The van der Waals surface area contributed by atoms with Gasteiger partial charge in [0.2, 0.25) is 0 Å². The van der Waals surface area contributed by atoms with Crippen LogP contribution < -0.4 is 4.74 Å². The summed E-state index contributed by atoms with van der Waals surface area (Å²) in [5.41, 5.74) is 0.779. The number of hydrogen-bond acceptors (Lipinski definition) is 3. The fourth-order valence-electron chi connectivity index (χ4n) is 1.38. The highest BCUT2D eigenvalue weighted by molar-refractivity contribution is 5.40. The number of hydrogen-bond donors (Lipinski definition) is 1. The van der Waals surface area contributed by atoms with E-state index in [9.17, 15) is 4.39 Å². The Labute approximate surface area is 91.9 Å². The molecule has 0 saturated carbocycles. The van der Waals surface area contributed by atoms with Crippen molar-refractivity contribution >= 4 is 0 Å². The largest absolute Gasteiger partial charge is 0.497 e. The number of ether oxygens (including phenoxy) is 1. The summed E-state index contributed by atoms with van der Waals surface area (Å²) in [5.74, 6) is 0.158. The van der Waals surface area contributed by atoms with Gasteiger partial charge in [-0.05, 0) is 18.2 Å². The summed E-state index contributed by atoms with van der Waals surface area (Å²) < 4.78 is 19.9. The predicted octanol–water partition coefficient (Wildman–Crippen LogP) is 1.51. The second-order valence-electron chi connectivity index (χ2n) is 3.23. The fraction of sp³-hybridized carbons (Fsp3) is 0.182. The average molecular weight is 222 g/mol. The van der Waals surface area contributed by atoms with Gasteiger partial charge in [0.25, 0.3) is 0 Å². The van der Waals surface area contributed by atoms with Crippen LogP contribution in [0.4, 0.5) is 4.39 Å². The Bertz CT molecular complexity index is 496. The van der Waals surface area contributed by atoms with E-state index < -0.39 is 5.82 Å². The van der Waals surface area contributed by atoms with Crippen LogP contribution in [0.25, 0.3) is 5.69 Å². The minimum Gasteiger partial charge on any atom is -0.497 e. The lowest BCUT2D eigenvalue weighted by atomic mass is 10.3. The highest BCUT2D eigenvalue weighted by Gasteiger charge is 2.07. The number of halogens is 1. The molecule has 0 amide bonds. The summed E-state index contributed by atoms with van der Waals surface area (Å²) in [7, 11) is 1.51. The van der Waals surface area contributed by atoms with Gasteiger partial charge in [-0.3, -0.25) is 0 Å². The molecule has 84 valence electrons. The molecule has 0 aliphatic carbocycles. The van der Waals surface area contributed by atoms with Crippen molar-refractivity contribution in [2.75, 3.05) is 7.11 Å². The number of benzene rings is 1. The molecule has 0 atom stereocenters. The zero-order chi connectivity index (χ0) is 11.5. The van der Waals surface area contributed by atoms with Crippen molar-refractivity contribution in [2.45, 2.75) is 6.61 Å². The van der Waals surface area contributed by atoms with Gasteiger partial charge in [-0.15, -0.1) is 0 Å². The number of aliphatic hydroxyl groups excluding tert-OH is 1. The monoisotopic (exact) mass is 222 g/mol. The summed E-state index contributed by atoms with van der Waals surface area (Å²) >= 11 is 0. The van der Waals surface area contributed by atoms with Gasteiger partial charge in [-0.2, -0.15) is 5.10 Å². The van der Waals surface area contributed by atoms with Crippen LogP contribution in [0.15, 0.2) is 30.5 Å². The normalized spacial score (nSPS) is 10.4. The zero-order valence-corrected chi connectivity index (χ0v) is 8.72. The smallest absolute Gasteiger partial charge is 0.149 e. The second kappa shape index (κ2) is 4.32. The molecule has 0 spiro atoms. The van der Waals surface area contributed by atoms with Gasteiger partial charge in [0, 0.05) is 12.3 Å². The Hall–Kier alpha value is -1.88. The molecule has 0 aliphatic heterocycles. The maximum Gasteiger partial charge on any atom is 0.149 e. The first kappa shape index (κ1) is 10.6. The van der Waals surface area contributed by atoms with Crippen molar-refractivity contribution < 1.29 is 14.2 Å². The molecule has 0 unspecified atom stereocenters. The number of rotatable bonds is 3. The van der Waals surface area contributed by atoms with Gasteiger partial charge in [0.05, 0.1) is 19.4 Å². The van der Waals surface area contributed by atoms with Gasteiger partial charge < -0.3 is 9.84 Å². The van der Waals surface area contributed by atoms with Gasteiger partial charge in [0.15, 0.2) is 0 Å². The highest BCUT2D eigenvalue weighted by Crippen LogP contribution is 2.19. The molecule has 0 radical (unpaired) electrons. The molecule has 5 heteroatoms. The molecule has 1 heterocycles. The van der Waals surface area contributed by atoms with Gasteiger partial charge in [-0.1, -0.05) is 0 Å². The Morgan fingerprint density at radius 1 is 1.44 bits per heavy atom. The first-order chi connectivity index (χ1) is 7.74. The first-order valence-corrected chi connectivity index (χ1v) is 4.74. The SMILES string of the molecule is COc1ccc(F)c(-n2ccc(CO)n2)c1. The number of aliphatic hydroxyl groups is 1. The number of aromatic nitrogens is 2. The number of methoxy groups -OCH3 is 1. The molecule has 0 bridgehead atoms. The van der Waals surface area contributed by atoms with Gasteiger partial charge in [0.1, 0.15) is 17.3 Å². The standard InChI is InChI=1S/C11H11FN2O2/c1-16-9-2-3-10(12)11(6-9)14-5-4-8(7-15)13-14/h2-6,15H,7H2,1H3. The molecule has 0 saturated heterocycles. The van der Waals surface area contributed by atoms with E-state index in [0.29, 0.717) is 17.1 Å². The third kappa shape index (κ3) is 1.90. The van der Waals surface area contributed by atoms with Crippen LogP contribution >= 0.6 is 0 Å². The van der Waals surface area contributed by atoms with Crippen LogP contribution in [0.2, 0.25) is 0 Å². The van der Waals surface area contributed by atoms with Crippen molar-refractivity contribution in [2.24, 2.45) is 0 Å².